The molecule has 1 aliphatic carbocycles. The minimum Gasteiger partial charge on any atom is -0.340 e. The van der Waals surface area contributed by atoms with Crippen molar-refractivity contribution < 1.29 is 4.79 Å². The van der Waals surface area contributed by atoms with Gasteiger partial charge in [0.05, 0.1) is 5.70 Å². The van der Waals surface area contributed by atoms with Gasteiger partial charge in [-0.15, -0.1) is 0 Å². The molecule has 1 amide bonds. The van der Waals surface area contributed by atoms with E-state index >= 15 is 0 Å². The van der Waals surface area contributed by atoms with Crippen molar-refractivity contribution in [2.24, 2.45) is 0 Å². The first kappa shape index (κ1) is 18.7. The summed E-state index contributed by atoms with van der Waals surface area (Å²) in [5.74, 6) is 0.859. The van der Waals surface area contributed by atoms with Gasteiger partial charge in [-0.05, 0) is 50.1 Å². The standard InChI is InChI=1S/C20H20ClN5O/c1-3-18(27)23-14-7-6-8-15(11-14)24-19-13(2)12-22-20(26-19)25-17-10-5-4-9-16(17)21/h3,5-8,10-12H,1,4,9H2,2H3,(H,23,27)(H2,22,24,25,26). The van der Waals surface area contributed by atoms with Gasteiger partial charge in [0.25, 0.3) is 0 Å². The van der Waals surface area contributed by atoms with E-state index in [4.69, 9.17) is 11.6 Å². The predicted octanol–water partition coefficient (Wildman–Crippen LogP) is 4.87. The number of aryl methyl sites for hydroxylation is 1. The third kappa shape index (κ3) is 4.95. The van der Waals surface area contributed by atoms with Crippen molar-refractivity contribution in [2.75, 3.05) is 16.0 Å². The number of rotatable bonds is 6. The van der Waals surface area contributed by atoms with E-state index < -0.39 is 0 Å². The molecule has 27 heavy (non-hydrogen) atoms. The number of halogens is 1. The van der Waals surface area contributed by atoms with E-state index in [9.17, 15) is 4.79 Å². The summed E-state index contributed by atoms with van der Waals surface area (Å²) in [6.07, 6.45) is 8.71. The molecule has 2 aromatic rings. The van der Waals surface area contributed by atoms with Gasteiger partial charge in [0.15, 0.2) is 0 Å². The van der Waals surface area contributed by atoms with Crippen molar-refractivity contribution in [1.29, 1.82) is 0 Å². The Morgan fingerprint density at radius 3 is 2.89 bits per heavy atom. The molecule has 0 bridgehead atoms. The molecule has 1 aliphatic rings. The van der Waals surface area contributed by atoms with Crippen LogP contribution in [0.1, 0.15) is 18.4 Å². The summed E-state index contributed by atoms with van der Waals surface area (Å²) in [5, 5.41) is 9.92. The molecule has 3 rings (SSSR count). The van der Waals surface area contributed by atoms with Gasteiger partial charge < -0.3 is 16.0 Å². The van der Waals surface area contributed by atoms with E-state index in [-0.39, 0.29) is 5.91 Å². The maximum atomic E-state index is 11.5. The van der Waals surface area contributed by atoms with Crippen molar-refractivity contribution in [1.82, 2.24) is 9.97 Å². The van der Waals surface area contributed by atoms with Gasteiger partial charge >= 0.3 is 0 Å². The maximum absolute atomic E-state index is 11.5. The Morgan fingerprint density at radius 2 is 2.11 bits per heavy atom. The first-order valence-electron chi connectivity index (χ1n) is 8.51. The SMILES string of the molecule is C=CC(=O)Nc1cccc(Nc2nc(NC3=C(Cl)CCC=C3)ncc2C)c1. The Morgan fingerprint density at radius 1 is 1.30 bits per heavy atom. The molecule has 3 N–H and O–H groups in total. The van der Waals surface area contributed by atoms with E-state index in [0.717, 1.165) is 34.8 Å². The average Bonchev–Trinajstić information content (AvgIpc) is 2.66. The lowest BCUT2D eigenvalue weighted by atomic mass is 10.1. The Balaban J connectivity index is 1.79. The number of hydrogen-bond donors (Lipinski definition) is 3. The highest BCUT2D eigenvalue weighted by atomic mass is 35.5. The van der Waals surface area contributed by atoms with Crippen LogP contribution in [-0.4, -0.2) is 15.9 Å². The van der Waals surface area contributed by atoms with E-state index in [0.29, 0.717) is 17.5 Å². The summed E-state index contributed by atoms with van der Waals surface area (Å²) >= 11 is 6.26. The smallest absolute Gasteiger partial charge is 0.247 e. The molecule has 0 saturated carbocycles. The van der Waals surface area contributed by atoms with Crippen molar-refractivity contribution in [3.05, 3.63) is 71.6 Å². The molecule has 0 atom stereocenters. The Labute approximate surface area is 163 Å². The van der Waals surface area contributed by atoms with Crippen molar-refractivity contribution >= 4 is 40.6 Å². The van der Waals surface area contributed by atoms with E-state index in [1.807, 2.05) is 31.2 Å². The normalized spacial score (nSPS) is 13.3. The Bertz CT molecular complexity index is 936. The molecule has 0 saturated heterocycles. The van der Waals surface area contributed by atoms with Crippen molar-refractivity contribution in [3.8, 4) is 0 Å². The largest absolute Gasteiger partial charge is 0.340 e. The predicted molar refractivity (Wildman–Crippen MR) is 110 cm³/mol. The molecule has 1 heterocycles. The van der Waals surface area contributed by atoms with Crippen LogP contribution in [0.2, 0.25) is 0 Å². The molecule has 0 aliphatic heterocycles. The zero-order valence-electron chi connectivity index (χ0n) is 14.9. The van der Waals surface area contributed by atoms with Crippen LogP contribution in [0.5, 0.6) is 0 Å². The van der Waals surface area contributed by atoms with Gasteiger partial charge in [-0.2, -0.15) is 4.98 Å². The molecule has 0 unspecified atom stereocenters. The van der Waals surface area contributed by atoms with Crippen LogP contribution in [0, 0.1) is 6.92 Å². The quantitative estimate of drug-likeness (QED) is 0.622. The minimum atomic E-state index is -0.262. The van der Waals surface area contributed by atoms with Crippen LogP contribution < -0.4 is 16.0 Å². The number of allylic oxidation sites excluding steroid dienone is 3. The first-order valence-corrected chi connectivity index (χ1v) is 8.89. The molecular formula is C20H20ClN5O. The Kier molecular flexibility index (Phi) is 5.88. The van der Waals surface area contributed by atoms with Gasteiger partial charge in [-0.1, -0.05) is 30.3 Å². The molecule has 0 spiro atoms. The first-order chi connectivity index (χ1) is 13.0. The summed E-state index contributed by atoms with van der Waals surface area (Å²) in [6, 6.07) is 7.35. The molecule has 7 heteroatoms. The average molecular weight is 382 g/mol. The van der Waals surface area contributed by atoms with Gasteiger partial charge in [-0.25, -0.2) is 4.98 Å². The summed E-state index contributed by atoms with van der Waals surface area (Å²) in [6.45, 7) is 5.37. The second kappa shape index (κ2) is 8.51. The van der Waals surface area contributed by atoms with E-state index in [1.165, 1.54) is 6.08 Å². The summed E-state index contributed by atoms with van der Waals surface area (Å²) in [4.78, 5) is 20.3. The number of amides is 1. The number of benzene rings is 1. The van der Waals surface area contributed by atoms with Crippen molar-refractivity contribution in [2.45, 2.75) is 19.8 Å². The lowest BCUT2D eigenvalue weighted by molar-refractivity contribution is -0.111. The Hall–Kier alpha value is -3.12. The van der Waals surface area contributed by atoms with Crippen LogP contribution in [0.4, 0.5) is 23.1 Å². The van der Waals surface area contributed by atoms with Gasteiger partial charge in [0, 0.05) is 28.2 Å². The molecule has 1 aromatic heterocycles. The fraction of sp³-hybridized carbons (Fsp3) is 0.150. The summed E-state index contributed by atoms with van der Waals surface area (Å²) < 4.78 is 0. The summed E-state index contributed by atoms with van der Waals surface area (Å²) in [7, 11) is 0. The third-order valence-electron chi connectivity index (χ3n) is 3.90. The van der Waals surface area contributed by atoms with Gasteiger partial charge in [-0.3, -0.25) is 4.79 Å². The lowest BCUT2D eigenvalue weighted by Crippen LogP contribution is -2.08. The van der Waals surface area contributed by atoms with Gasteiger partial charge in [0.2, 0.25) is 11.9 Å². The van der Waals surface area contributed by atoms with Gasteiger partial charge in [0.1, 0.15) is 5.82 Å². The van der Waals surface area contributed by atoms with Crippen LogP contribution in [0.25, 0.3) is 0 Å². The fourth-order valence-electron chi connectivity index (χ4n) is 2.50. The molecule has 1 aromatic carbocycles. The lowest BCUT2D eigenvalue weighted by Gasteiger charge is -2.14. The highest BCUT2D eigenvalue weighted by Gasteiger charge is 2.10. The molecule has 138 valence electrons. The third-order valence-corrected chi connectivity index (χ3v) is 4.30. The molecule has 0 fully saturated rings. The molecular weight excluding hydrogens is 362 g/mol. The maximum Gasteiger partial charge on any atom is 0.247 e. The zero-order chi connectivity index (χ0) is 19.2. The van der Waals surface area contributed by atoms with Crippen LogP contribution in [0.15, 0.2) is 66.0 Å². The summed E-state index contributed by atoms with van der Waals surface area (Å²) in [5.41, 5.74) is 3.16. The number of anilines is 4. The number of carbonyl (C=O) groups excluding carboxylic acids is 1. The second-order valence-corrected chi connectivity index (χ2v) is 6.47. The molecule has 0 radical (unpaired) electrons. The monoisotopic (exact) mass is 381 g/mol. The number of nitrogens with one attached hydrogen (secondary N) is 3. The van der Waals surface area contributed by atoms with Crippen LogP contribution >= 0.6 is 11.6 Å². The number of hydrogen-bond acceptors (Lipinski definition) is 5. The minimum absolute atomic E-state index is 0.262. The topological polar surface area (TPSA) is 78.9 Å². The van der Waals surface area contributed by atoms with E-state index in [2.05, 4.69) is 38.6 Å². The highest BCUT2D eigenvalue weighted by Crippen LogP contribution is 2.25. The second-order valence-electron chi connectivity index (χ2n) is 6.01. The van der Waals surface area contributed by atoms with Crippen LogP contribution in [0.3, 0.4) is 0 Å². The number of nitrogens with zero attached hydrogens (tertiary/aromatic N) is 2. The fourth-order valence-corrected chi connectivity index (χ4v) is 2.72. The number of aromatic nitrogens is 2. The number of carbonyl (C=O) groups is 1. The zero-order valence-corrected chi connectivity index (χ0v) is 15.7. The van der Waals surface area contributed by atoms with E-state index in [1.54, 1.807) is 12.3 Å². The molecule has 6 nitrogen and oxygen atoms in total. The van der Waals surface area contributed by atoms with Crippen LogP contribution in [-0.2, 0) is 4.79 Å². The highest BCUT2D eigenvalue weighted by molar-refractivity contribution is 6.30. The van der Waals surface area contributed by atoms with Crippen molar-refractivity contribution in [3.63, 3.8) is 0 Å².